The van der Waals surface area contributed by atoms with Crippen molar-refractivity contribution in [3.8, 4) is 0 Å². The van der Waals surface area contributed by atoms with Crippen molar-refractivity contribution in [1.29, 1.82) is 0 Å². The molecule has 1 aromatic carbocycles. The minimum absolute atomic E-state index is 0.206. The van der Waals surface area contributed by atoms with Gasteiger partial charge in [-0.15, -0.1) is 0 Å². The van der Waals surface area contributed by atoms with Gasteiger partial charge in [0.2, 0.25) is 0 Å². The molecule has 0 atom stereocenters. The lowest BCUT2D eigenvalue weighted by Gasteiger charge is -2.17. The molecule has 146 valence electrons. The molecule has 0 radical (unpaired) electrons. The maximum atomic E-state index is 12.4. The van der Waals surface area contributed by atoms with Crippen LogP contribution in [0.25, 0.3) is 0 Å². The normalized spacial score (nSPS) is 13.2. The van der Waals surface area contributed by atoms with Crippen LogP contribution in [0.2, 0.25) is 0 Å². The number of nitrogens with one attached hydrogen (secondary N) is 2. The van der Waals surface area contributed by atoms with Gasteiger partial charge in [0.25, 0.3) is 17.7 Å². The van der Waals surface area contributed by atoms with E-state index < -0.39 is 17.9 Å². The molecular weight excluding hydrogens is 350 g/mol. The van der Waals surface area contributed by atoms with Gasteiger partial charge >= 0.3 is 6.09 Å². The van der Waals surface area contributed by atoms with Crippen LogP contribution in [-0.4, -0.2) is 54.5 Å². The van der Waals surface area contributed by atoms with Gasteiger partial charge in [-0.25, -0.2) is 4.79 Å². The third-order valence-corrected chi connectivity index (χ3v) is 3.92. The van der Waals surface area contributed by atoms with Gasteiger partial charge in [-0.2, -0.15) is 0 Å². The topological polar surface area (TPSA) is 105 Å². The van der Waals surface area contributed by atoms with Gasteiger partial charge in [0.05, 0.1) is 17.7 Å². The lowest BCUT2D eigenvalue weighted by molar-refractivity contribution is 0.0608. The maximum absolute atomic E-state index is 12.4. The Kier molecular flexibility index (Phi) is 6.55. The van der Waals surface area contributed by atoms with Crippen LogP contribution in [0.3, 0.4) is 0 Å². The fraction of sp³-hybridized carbons (Fsp3) is 0.474. The number of amides is 4. The lowest BCUT2D eigenvalue weighted by Crippen LogP contribution is -2.36. The number of ether oxygens (including phenoxy) is 1. The number of carbonyl (C=O) groups is 4. The van der Waals surface area contributed by atoms with Crippen molar-refractivity contribution in [3.05, 3.63) is 34.9 Å². The Balaban J connectivity index is 1.89. The Morgan fingerprint density at radius 3 is 2.26 bits per heavy atom. The van der Waals surface area contributed by atoms with Crippen molar-refractivity contribution in [2.75, 3.05) is 19.7 Å². The average molecular weight is 375 g/mol. The Morgan fingerprint density at radius 1 is 1.00 bits per heavy atom. The number of imide groups is 1. The van der Waals surface area contributed by atoms with Crippen molar-refractivity contribution in [2.24, 2.45) is 5.92 Å². The number of rotatable bonds is 7. The van der Waals surface area contributed by atoms with E-state index in [1.54, 1.807) is 13.8 Å². The molecule has 1 heterocycles. The summed E-state index contributed by atoms with van der Waals surface area (Å²) < 4.78 is 4.96. The quantitative estimate of drug-likeness (QED) is 0.559. The summed E-state index contributed by atoms with van der Waals surface area (Å²) in [5.41, 5.74) is 0.819. The van der Waals surface area contributed by atoms with Crippen LogP contribution in [-0.2, 0) is 4.74 Å². The van der Waals surface area contributed by atoms with E-state index in [1.165, 1.54) is 23.1 Å². The molecule has 0 bridgehead atoms. The molecule has 1 aliphatic rings. The van der Waals surface area contributed by atoms with Crippen LogP contribution in [0.4, 0.5) is 4.79 Å². The first-order chi connectivity index (χ1) is 12.7. The van der Waals surface area contributed by atoms with Crippen molar-refractivity contribution in [1.82, 2.24) is 15.5 Å². The van der Waals surface area contributed by atoms with E-state index in [2.05, 4.69) is 10.6 Å². The van der Waals surface area contributed by atoms with Crippen molar-refractivity contribution in [2.45, 2.75) is 33.7 Å². The summed E-state index contributed by atoms with van der Waals surface area (Å²) in [5.74, 6) is -0.884. The van der Waals surface area contributed by atoms with Crippen LogP contribution in [0, 0.1) is 5.92 Å². The predicted octanol–water partition coefficient (Wildman–Crippen LogP) is 1.80. The molecule has 1 aliphatic heterocycles. The Labute approximate surface area is 158 Å². The minimum atomic E-state index is -0.534. The van der Waals surface area contributed by atoms with Gasteiger partial charge in [-0.1, -0.05) is 13.8 Å². The van der Waals surface area contributed by atoms with Crippen molar-refractivity contribution < 1.29 is 23.9 Å². The summed E-state index contributed by atoms with van der Waals surface area (Å²) in [5, 5.41) is 5.19. The zero-order valence-electron chi connectivity index (χ0n) is 16.0. The SMILES string of the molecule is CC(C)COC(=O)NCCNC(=O)c1ccc2c(c1)C(=O)N(C(C)C)C2=O. The Morgan fingerprint density at radius 2 is 1.63 bits per heavy atom. The third-order valence-electron chi connectivity index (χ3n) is 3.92. The first-order valence-electron chi connectivity index (χ1n) is 8.93. The van der Waals surface area contributed by atoms with Crippen LogP contribution >= 0.6 is 0 Å². The molecule has 2 N–H and O–H groups in total. The fourth-order valence-electron chi connectivity index (χ4n) is 2.61. The molecule has 8 heteroatoms. The van der Waals surface area contributed by atoms with Gasteiger partial charge in [-0.3, -0.25) is 19.3 Å². The molecule has 27 heavy (non-hydrogen) atoms. The molecule has 4 amide bonds. The molecule has 0 unspecified atom stereocenters. The molecule has 8 nitrogen and oxygen atoms in total. The van der Waals surface area contributed by atoms with E-state index in [-0.39, 0.29) is 42.1 Å². The van der Waals surface area contributed by atoms with Crippen LogP contribution in [0.5, 0.6) is 0 Å². The van der Waals surface area contributed by atoms with Crippen molar-refractivity contribution in [3.63, 3.8) is 0 Å². The fourth-order valence-corrected chi connectivity index (χ4v) is 2.61. The van der Waals surface area contributed by atoms with E-state index in [4.69, 9.17) is 4.74 Å². The molecule has 0 saturated heterocycles. The van der Waals surface area contributed by atoms with Crippen LogP contribution in [0.15, 0.2) is 18.2 Å². The third kappa shape index (κ3) is 4.84. The summed E-state index contributed by atoms with van der Waals surface area (Å²) in [4.78, 5) is 49.5. The van der Waals surface area contributed by atoms with Crippen LogP contribution in [0.1, 0.15) is 58.8 Å². The van der Waals surface area contributed by atoms with E-state index in [1.807, 2.05) is 13.8 Å². The summed E-state index contributed by atoms with van der Waals surface area (Å²) in [7, 11) is 0. The largest absolute Gasteiger partial charge is 0.449 e. The van der Waals surface area contributed by atoms with E-state index in [0.717, 1.165) is 0 Å². The summed E-state index contributed by atoms with van der Waals surface area (Å²) in [6.45, 7) is 8.13. The van der Waals surface area contributed by atoms with Gasteiger partial charge in [-0.05, 0) is 38.0 Å². The highest BCUT2D eigenvalue weighted by Crippen LogP contribution is 2.25. The van der Waals surface area contributed by atoms with E-state index >= 15 is 0 Å². The molecule has 0 aliphatic carbocycles. The molecule has 0 fully saturated rings. The number of nitrogens with zero attached hydrogens (tertiary/aromatic N) is 1. The van der Waals surface area contributed by atoms with Crippen molar-refractivity contribution >= 4 is 23.8 Å². The first kappa shape index (κ1) is 20.4. The molecular formula is C19H25N3O5. The standard InChI is InChI=1S/C19H25N3O5/c1-11(2)10-27-19(26)21-8-7-20-16(23)13-5-6-14-15(9-13)18(25)22(12(3)4)17(14)24/h5-6,9,11-12H,7-8,10H2,1-4H3,(H,20,23)(H,21,26). The number of hydrogen-bond acceptors (Lipinski definition) is 5. The highest BCUT2D eigenvalue weighted by Gasteiger charge is 2.37. The molecule has 0 spiro atoms. The second kappa shape index (κ2) is 8.66. The van der Waals surface area contributed by atoms with Gasteiger partial charge in [0, 0.05) is 24.7 Å². The molecule has 0 aromatic heterocycles. The molecule has 0 saturated carbocycles. The highest BCUT2D eigenvalue weighted by molar-refractivity contribution is 6.22. The smallest absolute Gasteiger partial charge is 0.407 e. The first-order valence-corrected chi connectivity index (χ1v) is 8.93. The zero-order chi connectivity index (χ0) is 20.1. The number of hydrogen-bond donors (Lipinski definition) is 2. The summed E-state index contributed by atoms with van der Waals surface area (Å²) in [6.07, 6.45) is -0.534. The zero-order valence-corrected chi connectivity index (χ0v) is 16.0. The number of carbonyl (C=O) groups excluding carboxylic acids is 4. The Bertz CT molecular complexity index is 758. The lowest BCUT2D eigenvalue weighted by atomic mass is 10.1. The summed E-state index contributed by atoms with van der Waals surface area (Å²) >= 11 is 0. The number of fused-ring (bicyclic) bond motifs is 1. The van der Waals surface area contributed by atoms with E-state index in [9.17, 15) is 19.2 Å². The predicted molar refractivity (Wildman–Crippen MR) is 98.6 cm³/mol. The highest BCUT2D eigenvalue weighted by atomic mass is 16.5. The monoisotopic (exact) mass is 375 g/mol. The van der Waals surface area contributed by atoms with E-state index in [0.29, 0.717) is 12.2 Å². The number of benzene rings is 1. The maximum Gasteiger partial charge on any atom is 0.407 e. The second-order valence-corrected chi connectivity index (χ2v) is 7.01. The Hall–Kier alpha value is -2.90. The van der Waals surface area contributed by atoms with Gasteiger partial charge < -0.3 is 15.4 Å². The van der Waals surface area contributed by atoms with Gasteiger partial charge in [0.1, 0.15) is 0 Å². The molecule has 2 rings (SSSR count). The number of alkyl carbamates (subject to hydrolysis) is 1. The second-order valence-electron chi connectivity index (χ2n) is 7.01. The summed E-state index contributed by atoms with van der Waals surface area (Å²) in [6, 6.07) is 4.18. The minimum Gasteiger partial charge on any atom is -0.449 e. The van der Waals surface area contributed by atoms with Gasteiger partial charge in [0.15, 0.2) is 0 Å². The molecule has 1 aromatic rings. The van der Waals surface area contributed by atoms with Crippen LogP contribution < -0.4 is 10.6 Å². The average Bonchev–Trinajstić information content (AvgIpc) is 2.87.